The summed E-state index contributed by atoms with van der Waals surface area (Å²) in [5.74, 6) is 0.0503. The van der Waals surface area contributed by atoms with Gasteiger partial charge in [-0.25, -0.2) is 0 Å². The molecule has 1 amide bonds. The summed E-state index contributed by atoms with van der Waals surface area (Å²) >= 11 is 2.20. The van der Waals surface area contributed by atoms with E-state index in [9.17, 15) is 10.1 Å². The van der Waals surface area contributed by atoms with E-state index in [1.54, 1.807) is 6.08 Å². The van der Waals surface area contributed by atoms with Crippen molar-refractivity contribution in [2.24, 2.45) is 0 Å². The van der Waals surface area contributed by atoms with Gasteiger partial charge in [0.25, 0.3) is 5.91 Å². The quantitative estimate of drug-likeness (QED) is 0.435. The van der Waals surface area contributed by atoms with Gasteiger partial charge >= 0.3 is 0 Å². The maximum absolute atomic E-state index is 12.2. The van der Waals surface area contributed by atoms with Crippen molar-refractivity contribution in [1.82, 2.24) is 0 Å². The molecule has 0 atom stereocenters. The number of nitrogens with zero attached hydrogens (tertiary/aromatic N) is 1. The Morgan fingerprint density at radius 1 is 1.13 bits per heavy atom. The van der Waals surface area contributed by atoms with Crippen LogP contribution in [0.15, 0.2) is 54.1 Å². The Morgan fingerprint density at radius 3 is 2.26 bits per heavy atom. The molecule has 0 spiro atoms. The van der Waals surface area contributed by atoms with Gasteiger partial charge in [0.2, 0.25) is 0 Å². The van der Waals surface area contributed by atoms with Gasteiger partial charge in [0.15, 0.2) is 0 Å². The number of rotatable bonds is 4. The molecular formula is C19H17IN2O. The first-order valence-electron chi connectivity index (χ1n) is 7.28. The van der Waals surface area contributed by atoms with Gasteiger partial charge in [-0.15, -0.1) is 0 Å². The minimum absolute atomic E-state index is 0.0841. The second-order valence-corrected chi connectivity index (χ2v) is 6.70. The van der Waals surface area contributed by atoms with Crippen LogP contribution in [-0.4, -0.2) is 5.91 Å². The predicted molar refractivity (Wildman–Crippen MR) is 102 cm³/mol. The number of benzene rings is 2. The zero-order chi connectivity index (χ0) is 16.8. The molecule has 0 fully saturated rings. The monoisotopic (exact) mass is 416 g/mol. The van der Waals surface area contributed by atoms with E-state index in [1.807, 2.05) is 54.6 Å². The van der Waals surface area contributed by atoms with E-state index in [4.69, 9.17) is 0 Å². The highest BCUT2D eigenvalue weighted by Crippen LogP contribution is 2.17. The third-order valence-corrected chi connectivity index (χ3v) is 4.10. The molecule has 2 aromatic rings. The number of nitriles is 1. The van der Waals surface area contributed by atoms with Gasteiger partial charge in [-0.2, -0.15) is 5.26 Å². The molecular weight excluding hydrogens is 399 g/mol. The lowest BCUT2D eigenvalue weighted by atomic mass is 10.0. The van der Waals surface area contributed by atoms with Crippen LogP contribution in [0.3, 0.4) is 0 Å². The fraction of sp³-hybridized carbons (Fsp3) is 0.158. The van der Waals surface area contributed by atoms with Gasteiger partial charge in [0, 0.05) is 9.26 Å². The van der Waals surface area contributed by atoms with Crippen molar-refractivity contribution < 1.29 is 4.79 Å². The molecule has 2 rings (SSSR count). The van der Waals surface area contributed by atoms with E-state index in [0.717, 1.165) is 9.13 Å². The van der Waals surface area contributed by atoms with E-state index < -0.39 is 5.91 Å². The Balaban J connectivity index is 2.16. The molecule has 0 bridgehead atoms. The average molecular weight is 416 g/mol. The van der Waals surface area contributed by atoms with Crippen LogP contribution < -0.4 is 5.32 Å². The van der Waals surface area contributed by atoms with Crippen molar-refractivity contribution in [3.8, 4) is 6.07 Å². The second kappa shape index (κ2) is 7.93. The van der Waals surface area contributed by atoms with Gasteiger partial charge in [-0.3, -0.25) is 4.79 Å². The maximum Gasteiger partial charge on any atom is 0.266 e. The topological polar surface area (TPSA) is 52.9 Å². The molecule has 0 saturated carbocycles. The fourth-order valence-corrected chi connectivity index (χ4v) is 2.38. The summed E-state index contributed by atoms with van der Waals surface area (Å²) in [5, 5.41) is 12.0. The minimum Gasteiger partial charge on any atom is -0.321 e. The molecule has 0 aliphatic rings. The number of halogens is 1. The van der Waals surface area contributed by atoms with Crippen molar-refractivity contribution in [1.29, 1.82) is 5.26 Å². The summed E-state index contributed by atoms with van der Waals surface area (Å²) in [6, 6.07) is 17.3. The highest BCUT2D eigenvalue weighted by molar-refractivity contribution is 14.1. The Bertz CT molecular complexity index is 753. The van der Waals surface area contributed by atoms with Crippen LogP contribution in [0.4, 0.5) is 5.69 Å². The number of carbonyl (C=O) groups excluding carboxylic acids is 1. The van der Waals surface area contributed by atoms with Crippen LogP contribution in [0.5, 0.6) is 0 Å². The second-order valence-electron chi connectivity index (χ2n) is 5.45. The number of hydrogen-bond acceptors (Lipinski definition) is 2. The van der Waals surface area contributed by atoms with Crippen LogP contribution in [0.2, 0.25) is 0 Å². The number of carbonyl (C=O) groups is 1. The molecule has 116 valence electrons. The molecule has 0 aliphatic heterocycles. The molecule has 4 heteroatoms. The molecule has 0 aliphatic carbocycles. The Morgan fingerprint density at radius 2 is 1.74 bits per heavy atom. The van der Waals surface area contributed by atoms with Crippen molar-refractivity contribution in [3.63, 3.8) is 0 Å². The van der Waals surface area contributed by atoms with Gasteiger partial charge in [-0.1, -0.05) is 38.1 Å². The third kappa shape index (κ3) is 4.93. The first-order chi connectivity index (χ1) is 11.0. The average Bonchev–Trinajstić information content (AvgIpc) is 2.55. The lowest BCUT2D eigenvalue weighted by Gasteiger charge is -2.06. The molecule has 1 N–H and O–H groups in total. The number of anilines is 1. The highest BCUT2D eigenvalue weighted by Gasteiger charge is 2.09. The van der Waals surface area contributed by atoms with Crippen molar-refractivity contribution in [2.45, 2.75) is 19.8 Å². The minimum atomic E-state index is -0.401. The van der Waals surface area contributed by atoms with Crippen LogP contribution in [-0.2, 0) is 4.79 Å². The molecule has 2 aromatic carbocycles. The van der Waals surface area contributed by atoms with E-state index in [0.29, 0.717) is 11.6 Å². The Labute approximate surface area is 150 Å². The van der Waals surface area contributed by atoms with Crippen LogP contribution in [0, 0.1) is 14.9 Å². The molecule has 0 heterocycles. The lowest BCUT2D eigenvalue weighted by Crippen LogP contribution is -2.13. The van der Waals surface area contributed by atoms with Gasteiger partial charge in [-0.05, 0) is 70.0 Å². The highest BCUT2D eigenvalue weighted by atomic mass is 127. The summed E-state index contributed by atoms with van der Waals surface area (Å²) in [7, 11) is 0. The Kier molecular flexibility index (Phi) is 5.94. The lowest BCUT2D eigenvalue weighted by molar-refractivity contribution is -0.112. The van der Waals surface area contributed by atoms with Gasteiger partial charge < -0.3 is 5.32 Å². The Hall–Kier alpha value is -2.13. The van der Waals surface area contributed by atoms with E-state index in [1.165, 1.54) is 5.56 Å². The largest absolute Gasteiger partial charge is 0.321 e. The summed E-state index contributed by atoms with van der Waals surface area (Å²) in [6.45, 7) is 4.25. The smallest absolute Gasteiger partial charge is 0.266 e. The standard InChI is InChI=1S/C19H17IN2O/c1-13(2)15-5-3-14(4-6-15)11-16(12-21)19(23)22-18-9-7-17(20)8-10-18/h3-11,13H,1-2H3,(H,22,23)/b16-11-. The normalized spacial score (nSPS) is 11.2. The van der Waals surface area contributed by atoms with Crippen LogP contribution in [0.1, 0.15) is 30.9 Å². The molecule has 0 aromatic heterocycles. The zero-order valence-electron chi connectivity index (χ0n) is 13.0. The van der Waals surface area contributed by atoms with Crippen LogP contribution in [0.25, 0.3) is 6.08 Å². The first-order valence-corrected chi connectivity index (χ1v) is 8.36. The van der Waals surface area contributed by atoms with Gasteiger partial charge in [0.1, 0.15) is 11.6 Å². The van der Waals surface area contributed by atoms with Crippen molar-refractivity contribution in [2.75, 3.05) is 5.32 Å². The SMILES string of the molecule is CC(C)c1ccc(/C=C(/C#N)C(=O)Nc2ccc(I)cc2)cc1. The summed E-state index contributed by atoms with van der Waals surface area (Å²) in [4.78, 5) is 12.2. The van der Waals surface area contributed by atoms with E-state index in [-0.39, 0.29) is 5.57 Å². The predicted octanol–water partition coefficient (Wildman–Crippen LogP) is 4.96. The zero-order valence-corrected chi connectivity index (χ0v) is 15.2. The maximum atomic E-state index is 12.2. The van der Waals surface area contributed by atoms with Crippen molar-refractivity contribution in [3.05, 3.63) is 68.8 Å². The number of amides is 1. The summed E-state index contributed by atoms with van der Waals surface area (Å²) < 4.78 is 1.09. The third-order valence-electron chi connectivity index (χ3n) is 3.38. The number of hydrogen-bond donors (Lipinski definition) is 1. The molecule has 0 unspecified atom stereocenters. The van der Waals surface area contributed by atoms with Gasteiger partial charge in [0.05, 0.1) is 0 Å². The van der Waals surface area contributed by atoms with Crippen LogP contribution >= 0.6 is 22.6 Å². The molecule has 3 nitrogen and oxygen atoms in total. The van der Waals surface area contributed by atoms with Crippen molar-refractivity contribution >= 4 is 40.3 Å². The summed E-state index contributed by atoms with van der Waals surface area (Å²) in [6.07, 6.45) is 1.60. The summed E-state index contributed by atoms with van der Waals surface area (Å²) in [5.41, 5.74) is 2.82. The molecule has 23 heavy (non-hydrogen) atoms. The fourth-order valence-electron chi connectivity index (χ4n) is 2.02. The van der Waals surface area contributed by atoms with E-state index >= 15 is 0 Å². The van der Waals surface area contributed by atoms with E-state index in [2.05, 4.69) is 41.8 Å². The first kappa shape index (κ1) is 17.2. The molecule has 0 saturated heterocycles. The number of nitrogens with one attached hydrogen (secondary N) is 1. The molecule has 0 radical (unpaired) electrons.